The molecular formula is C22H23ClF2N2O4. The number of aromatic nitrogens is 1. The number of benzene rings is 1. The molecule has 1 saturated heterocycles. The Morgan fingerprint density at radius 2 is 1.94 bits per heavy atom. The summed E-state index contributed by atoms with van der Waals surface area (Å²) >= 11 is 5.90. The second-order valence-electron chi connectivity index (χ2n) is 8.04. The maximum atomic E-state index is 14.5. The van der Waals surface area contributed by atoms with Crippen LogP contribution in [0.3, 0.4) is 0 Å². The Labute approximate surface area is 183 Å². The number of hydrogen-bond donors (Lipinski definition) is 1. The number of ether oxygens (including phenoxy) is 2. The lowest BCUT2D eigenvalue weighted by Crippen LogP contribution is -2.33. The number of ketones is 1. The van der Waals surface area contributed by atoms with Gasteiger partial charge in [-0.2, -0.15) is 4.39 Å². The highest BCUT2D eigenvalue weighted by molar-refractivity contribution is 6.30. The zero-order valence-electron chi connectivity index (χ0n) is 17.8. The van der Waals surface area contributed by atoms with Crippen LogP contribution >= 0.6 is 11.6 Å². The van der Waals surface area contributed by atoms with Gasteiger partial charge in [0.25, 0.3) is 5.91 Å². The normalized spacial score (nSPS) is 22.3. The van der Waals surface area contributed by atoms with Crippen molar-refractivity contribution < 1.29 is 27.8 Å². The minimum atomic E-state index is -1.22. The molecule has 31 heavy (non-hydrogen) atoms. The lowest BCUT2D eigenvalue weighted by molar-refractivity contribution is -0.131. The van der Waals surface area contributed by atoms with E-state index in [2.05, 4.69) is 10.3 Å². The van der Waals surface area contributed by atoms with Gasteiger partial charge in [0.15, 0.2) is 17.3 Å². The zero-order chi connectivity index (χ0) is 23.1. The van der Waals surface area contributed by atoms with E-state index in [1.165, 1.54) is 38.4 Å². The summed E-state index contributed by atoms with van der Waals surface area (Å²) in [5.41, 5.74) is 0.0473. The van der Waals surface area contributed by atoms with Crippen LogP contribution in [0, 0.1) is 17.6 Å². The van der Waals surface area contributed by atoms with Gasteiger partial charge in [0.2, 0.25) is 5.82 Å². The number of carbonyl (C=O) groups excluding carboxylic acids is 2. The van der Waals surface area contributed by atoms with E-state index in [9.17, 15) is 18.4 Å². The van der Waals surface area contributed by atoms with E-state index >= 15 is 0 Å². The van der Waals surface area contributed by atoms with Crippen molar-refractivity contribution in [3.63, 3.8) is 0 Å². The molecule has 1 aromatic carbocycles. The molecule has 1 aliphatic rings. The topological polar surface area (TPSA) is 77.5 Å². The molecule has 6 nitrogen and oxygen atoms in total. The molecule has 1 N–H and O–H groups in total. The van der Waals surface area contributed by atoms with E-state index in [0.717, 1.165) is 0 Å². The molecule has 3 atom stereocenters. The Kier molecular flexibility index (Phi) is 6.34. The molecule has 1 aromatic heterocycles. The minimum Gasteiger partial charge on any atom is -0.493 e. The summed E-state index contributed by atoms with van der Waals surface area (Å²) in [6, 6.07) is 4.26. The van der Waals surface area contributed by atoms with E-state index in [1.807, 2.05) is 20.8 Å². The van der Waals surface area contributed by atoms with Crippen molar-refractivity contribution in [1.82, 2.24) is 4.98 Å². The van der Waals surface area contributed by atoms with Gasteiger partial charge in [-0.05, 0) is 38.0 Å². The summed E-state index contributed by atoms with van der Waals surface area (Å²) in [5, 5.41) is 2.31. The molecule has 2 aromatic rings. The third kappa shape index (κ3) is 4.27. The van der Waals surface area contributed by atoms with Crippen LogP contribution in [-0.4, -0.2) is 35.5 Å². The molecule has 1 aliphatic heterocycles. The maximum absolute atomic E-state index is 14.5. The molecule has 0 bridgehead atoms. The van der Waals surface area contributed by atoms with E-state index < -0.39 is 40.2 Å². The highest BCUT2D eigenvalue weighted by Crippen LogP contribution is 2.50. The van der Waals surface area contributed by atoms with Crippen molar-refractivity contribution in [2.24, 2.45) is 5.92 Å². The molecule has 0 unspecified atom stereocenters. The molecule has 3 rings (SSSR count). The molecule has 2 heterocycles. The Hall–Kier alpha value is -2.58. The van der Waals surface area contributed by atoms with E-state index in [1.54, 1.807) is 0 Å². The van der Waals surface area contributed by atoms with Crippen molar-refractivity contribution in [3.05, 3.63) is 52.3 Å². The van der Waals surface area contributed by atoms with Crippen molar-refractivity contribution in [3.8, 4) is 5.75 Å². The zero-order valence-corrected chi connectivity index (χ0v) is 18.5. The summed E-state index contributed by atoms with van der Waals surface area (Å²) in [7, 11) is 1.22. The van der Waals surface area contributed by atoms with Gasteiger partial charge in [-0.3, -0.25) is 14.6 Å². The first-order chi connectivity index (χ1) is 14.5. The number of amides is 1. The number of methoxy groups -OCH3 is 1. The van der Waals surface area contributed by atoms with E-state index in [4.69, 9.17) is 21.1 Å². The van der Waals surface area contributed by atoms with Crippen LogP contribution in [0.15, 0.2) is 24.4 Å². The largest absolute Gasteiger partial charge is 0.493 e. The van der Waals surface area contributed by atoms with Crippen LogP contribution in [0.5, 0.6) is 5.75 Å². The molecular weight excluding hydrogens is 430 g/mol. The van der Waals surface area contributed by atoms with Gasteiger partial charge in [0, 0.05) is 30.3 Å². The highest BCUT2D eigenvalue weighted by Gasteiger charge is 2.52. The number of halogens is 3. The van der Waals surface area contributed by atoms with Crippen LogP contribution < -0.4 is 10.1 Å². The van der Waals surface area contributed by atoms with Crippen LogP contribution in [0.4, 0.5) is 14.5 Å². The standard InChI is InChI=1S/C22H23ClF2N2O4/c1-10-16(13-9-14(23)17(24)18(25)19(13)30-5)20(31-22(10,3)4)21(29)27-12-6-7-26-15(8-12)11(2)28/h6-10,16,20H,1-5H3,(H,26,27,29)/t10-,16-,20+/m0/s1. The fraction of sp³-hybridized carbons (Fsp3) is 0.409. The fourth-order valence-corrected chi connectivity index (χ4v) is 4.02. The third-order valence-electron chi connectivity index (χ3n) is 5.75. The number of pyridine rings is 1. The van der Waals surface area contributed by atoms with Crippen molar-refractivity contribution in [2.45, 2.75) is 45.3 Å². The summed E-state index contributed by atoms with van der Waals surface area (Å²) in [5.74, 6) is -4.47. The molecule has 166 valence electrons. The van der Waals surface area contributed by atoms with E-state index in [0.29, 0.717) is 5.69 Å². The molecule has 0 saturated carbocycles. The number of hydrogen-bond acceptors (Lipinski definition) is 5. The summed E-state index contributed by atoms with van der Waals surface area (Å²) < 4.78 is 39.7. The smallest absolute Gasteiger partial charge is 0.254 e. The molecule has 9 heteroatoms. The second kappa shape index (κ2) is 8.51. The molecule has 1 amide bonds. The first-order valence-electron chi connectivity index (χ1n) is 9.65. The first kappa shape index (κ1) is 23.1. The van der Waals surface area contributed by atoms with Gasteiger partial charge >= 0.3 is 0 Å². The SMILES string of the molecule is COc1c([C@H]2[C@H](C(=O)Nc3ccnc(C(C)=O)c3)OC(C)(C)[C@H]2C)cc(Cl)c(F)c1F. The van der Waals surface area contributed by atoms with Crippen molar-refractivity contribution in [2.75, 3.05) is 12.4 Å². The predicted octanol–water partition coefficient (Wildman–Crippen LogP) is 4.76. The fourth-order valence-electron chi connectivity index (χ4n) is 3.82. The second-order valence-corrected chi connectivity index (χ2v) is 8.45. The van der Waals surface area contributed by atoms with Crippen molar-refractivity contribution in [1.29, 1.82) is 0 Å². The Morgan fingerprint density at radius 3 is 2.55 bits per heavy atom. The predicted molar refractivity (Wildman–Crippen MR) is 112 cm³/mol. The first-order valence-corrected chi connectivity index (χ1v) is 10.0. The molecule has 1 fully saturated rings. The number of rotatable bonds is 5. The van der Waals surface area contributed by atoms with Gasteiger partial charge in [0.1, 0.15) is 11.8 Å². The van der Waals surface area contributed by atoms with Gasteiger partial charge in [-0.15, -0.1) is 0 Å². The van der Waals surface area contributed by atoms with Gasteiger partial charge in [0.05, 0.1) is 17.7 Å². The van der Waals surface area contributed by atoms with Gasteiger partial charge in [-0.1, -0.05) is 18.5 Å². The van der Waals surface area contributed by atoms with Crippen LogP contribution in [-0.2, 0) is 9.53 Å². The Morgan fingerprint density at radius 1 is 1.26 bits per heavy atom. The van der Waals surface area contributed by atoms with Gasteiger partial charge in [-0.25, -0.2) is 4.39 Å². The number of nitrogens with zero attached hydrogens (tertiary/aromatic N) is 1. The summed E-state index contributed by atoms with van der Waals surface area (Å²) in [6.07, 6.45) is 0.359. The Bertz CT molecular complexity index is 1040. The lowest BCUT2D eigenvalue weighted by Gasteiger charge is -2.26. The van der Waals surface area contributed by atoms with Gasteiger partial charge < -0.3 is 14.8 Å². The van der Waals surface area contributed by atoms with Crippen molar-refractivity contribution >= 4 is 29.0 Å². The number of Topliss-reactive ketones (excluding diaryl/α,β-unsaturated/α-hetero) is 1. The third-order valence-corrected chi connectivity index (χ3v) is 6.02. The number of carbonyl (C=O) groups is 2. The minimum absolute atomic E-state index is 0.199. The Balaban J connectivity index is 2.02. The number of anilines is 1. The molecule has 0 spiro atoms. The summed E-state index contributed by atoms with van der Waals surface area (Å²) in [6.45, 7) is 6.85. The quantitative estimate of drug-likeness (QED) is 0.522. The monoisotopic (exact) mass is 452 g/mol. The van der Waals surface area contributed by atoms with Crippen LogP contribution in [0.25, 0.3) is 0 Å². The highest BCUT2D eigenvalue weighted by atomic mass is 35.5. The van der Waals surface area contributed by atoms with Crippen LogP contribution in [0.1, 0.15) is 49.7 Å². The van der Waals surface area contributed by atoms with Crippen LogP contribution in [0.2, 0.25) is 5.02 Å². The summed E-state index contributed by atoms with van der Waals surface area (Å²) in [4.78, 5) is 28.7. The number of nitrogens with one attached hydrogen (secondary N) is 1. The lowest BCUT2D eigenvalue weighted by atomic mass is 9.78. The average Bonchev–Trinajstić information content (AvgIpc) is 2.95. The maximum Gasteiger partial charge on any atom is 0.254 e. The molecule has 0 aliphatic carbocycles. The molecule has 0 radical (unpaired) electrons. The van der Waals surface area contributed by atoms with E-state index in [-0.39, 0.29) is 28.7 Å². The average molecular weight is 453 g/mol.